The van der Waals surface area contributed by atoms with Crippen molar-refractivity contribution in [2.75, 3.05) is 11.8 Å². The van der Waals surface area contributed by atoms with E-state index in [1.165, 1.54) is 36.4 Å². The van der Waals surface area contributed by atoms with Gasteiger partial charge in [0.25, 0.3) is 15.9 Å². The highest BCUT2D eigenvalue weighted by Crippen LogP contribution is 2.19. The van der Waals surface area contributed by atoms with Crippen LogP contribution in [-0.2, 0) is 10.0 Å². The molecular weight excluding hydrogens is 482 g/mol. The van der Waals surface area contributed by atoms with Crippen molar-refractivity contribution in [2.45, 2.75) is 11.8 Å². The van der Waals surface area contributed by atoms with E-state index in [2.05, 4.69) is 31.2 Å². The Kier molecular flexibility index (Phi) is 7.09. The third-order valence-electron chi connectivity index (χ3n) is 4.36. The number of rotatable bonds is 7. The van der Waals surface area contributed by atoms with E-state index in [4.69, 9.17) is 4.74 Å². The summed E-state index contributed by atoms with van der Waals surface area (Å²) < 4.78 is 33.3. The minimum absolute atomic E-state index is 0.140. The van der Waals surface area contributed by atoms with Gasteiger partial charge in [0, 0.05) is 15.7 Å². The van der Waals surface area contributed by atoms with Crippen LogP contribution in [0.1, 0.15) is 22.8 Å². The average molecular weight is 502 g/mol. The standard InChI is InChI=1S/C22H20BrN3O4S/c1-15(16-5-11-20(30-2)12-6-16)24-25-22(27)17-3-9-19(10-4-17)26-31(28,29)21-13-7-18(23)8-14-21/h3-14,26H,1-2H3,(H,25,27)/b24-15+. The first-order valence-corrected chi connectivity index (χ1v) is 11.4. The molecule has 3 aromatic rings. The van der Waals surface area contributed by atoms with Gasteiger partial charge in [-0.1, -0.05) is 15.9 Å². The summed E-state index contributed by atoms with van der Waals surface area (Å²) in [4.78, 5) is 12.5. The Labute approximate surface area is 189 Å². The molecule has 0 aliphatic carbocycles. The molecule has 2 N–H and O–H groups in total. The Morgan fingerprint density at radius 2 is 1.48 bits per heavy atom. The lowest BCUT2D eigenvalue weighted by Crippen LogP contribution is -2.19. The van der Waals surface area contributed by atoms with Crippen LogP contribution in [0, 0.1) is 0 Å². The van der Waals surface area contributed by atoms with E-state index < -0.39 is 15.9 Å². The number of nitrogens with one attached hydrogen (secondary N) is 2. The van der Waals surface area contributed by atoms with E-state index in [9.17, 15) is 13.2 Å². The van der Waals surface area contributed by atoms with Gasteiger partial charge in [0.05, 0.1) is 17.7 Å². The molecule has 0 unspecified atom stereocenters. The fraction of sp³-hybridized carbons (Fsp3) is 0.0909. The van der Waals surface area contributed by atoms with Gasteiger partial charge in [0.1, 0.15) is 5.75 Å². The Bertz CT molecular complexity index is 1190. The van der Waals surface area contributed by atoms with Crippen LogP contribution < -0.4 is 14.9 Å². The van der Waals surface area contributed by atoms with Gasteiger partial charge >= 0.3 is 0 Å². The summed E-state index contributed by atoms with van der Waals surface area (Å²) in [5.74, 6) is 0.326. The molecule has 31 heavy (non-hydrogen) atoms. The van der Waals surface area contributed by atoms with Crippen LogP contribution in [0.2, 0.25) is 0 Å². The van der Waals surface area contributed by atoms with Gasteiger partial charge in [-0.05, 0) is 85.3 Å². The third-order valence-corrected chi connectivity index (χ3v) is 6.28. The number of amides is 1. The first-order chi connectivity index (χ1) is 14.8. The molecule has 7 nitrogen and oxygen atoms in total. The van der Waals surface area contributed by atoms with Crippen molar-refractivity contribution >= 4 is 43.3 Å². The molecule has 0 saturated heterocycles. The van der Waals surface area contributed by atoms with Gasteiger partial charge in [-0.15, -0.1) is 0 Å². The van der Waals surface area contributed by atoms with Crippen LogP contribution in [0.4, 0.5) is 5.69 Å². The van der Waals surface area contributed by atoms with E-state index in [1.54, 1.807) is 26.2 Å². The number of hydrogen-bond donors (Lipinski definition) is 2. The van der Waals surface area contributed by atoms with Gasteiger partial charge in [0.15, 0.2) is 0 Å². The number of benzene rings is 3. The average Bonchev–Trinajstić information content (AvgIpc) is 2.78. The molecule has 1 amide bonds. The lowest BCUT2D eigenvalue weighted by Gasteiger charge is -2.09. The predicted octanol–water partition coefficient (Wildman–Crippen LogP) is 4.41. The number of hydrazone groups is 1. The second-order valence-electron chi connectivity index (χ2n) is 6.50. The van der Waals surface area contributed by atoms with E-state index >= 15 is 0 Å². The molecular formula is C22H20BrN3O4S. The SMILES string of the molecule is COc1ccc(/C(C)=N/NC(=O)c2ccc(NS(=O)(=O)c3ccc(Br)cc3)cc2)cc1. The fourth-order valence-electron chi connectivity index (χ4n) is 2.61. The molecule has 0 fully saturated rings. The summed E-state index contributed by atoms with van der Waals surface area (Å²) in [7, 11) is -2.13. The van der Waals surface area contributed by atoms with Crippen LogP contribution in [0.3, 0.4) is 0 Å². The second kappa shape index (κ2) is 9.76. The molecule has 0 radical (unpaired) electrons. The van der Waals surface area contributed by atoms with Crippen LogP contribution in [0.25, 0.3) is 0 Å². The van der Waals surface area contributed by atoms with Crippen molar-refractivity contribution in [1.82, 2.24) is 5.43 Å². The van der Waals surface area contributed by atoms with E-state index in [0.29, 0.717) is 17.0 Å². The Hall–Kier alpha value is -3.17. The minimum Gasteiger partial charge on any atom is -0.497 e. The molecule has 0 atom stereocenters. The van der Waals surface area contributed by atoms with Crippen molar-refractivity contribution in [3.05, 3.63) is 88.4 Å². The minimum atomic E-state index is -3.72. The van der Waals surface area contributed by atoms with Crippen molar-refractivity contribution in [3.63, 3.8) is 0 Å². The first kappa shape index (κ1) is 22.5. The smallest absolute Gasteiger partial charge is 0.271 e. The van der Waals surface area contributed by atoms with Gasteiger partial charge in [-0.3, -0.25) is 9.52 Å². The van der Waals surface area contributed by atoms with Gasteiger partial charge in [-0.25, -0.2) is 13.8 Å². The highest BCUT2D eigenvalue weighted by molar-refractivity contribution is 9.10. The Balaban J connectivity index is 1.65. The number of hydrogen-bond acceptors (Lipinski definition) is 5. The zero-order chi connectivity index (χ0) is 22.4. The summed E-state index contributed by atoms with van der Waals surface area (Å²) in [6.45, 7) is 1.78. The molecule has 160 valence electrons. The van der Waals surface area contributed by atoms with Crippen LogP contribution in [0.15, 0.2) is 87.3 Å². The summed E-state index contributed by atoms with van der Waals surface area (Å²) in [5, 5.41) is 4.12. The molecule has 3 rings (SSSR count). The van der Waals surface area contributed by atoms with Crippen LogP contribution >= 0.6 is 15.9 Å². The fourth-order valence-corrected chi connectivity index (χ4v) is 3.94. The Morgan fingerprint density at radius 1 is 0.903 bits per heavy atom. The molecule has 0 saturated carbocycles. The summed E-state index contributed by atoms with van der Waals surface area (Å²) >= 11 is 3.27. The topological polar surface area (TPSA) is 96.9 Å². The number of ether oxygens (including phenoxy) is 1. The highest BCUT2D eigenvalue weighted by Gasteiger charge is 2.14. The van der Waals surface area contributed by atoms with Gasteiger partial charge in [0.2, 0.25) is 0 Å². The molecule has 9 heteroatoms. The monoisotopic (exact) mass is 501 g/mol. The van der Waals surface area contributed by atoms with Crippen molar-refractivity contribution in [1.29, 1.82) is 0 Å². The summed E-state index contributed by atoms with van der Waals surface area (Å²) in [6, 6.07) is 19.7. The second-order valence-corrected chi connectivity index (χ2v) is 9.10. The number of anilines is 1. The largest absolute Gasteiger partial charge is 0.497 e. The molecule has 0 spiro atoms. The van der Waals surface area contributed by atoms with E-state index in [1.807, 2.05) is 24.3 Å². The zero-order valence-electron chi connectivity index (χ0n) is 16.8. The maximum atomic E-state index is 12.5. The maximum absolute atomic E-state index is 12.5. The summed E-state index contributed by atoms with van der Waals surface area (Å²) in [5.41, 5.74) is 4.67. The maximum Gasteiger partial charge on any atom is 0.271 e. The first-order valence-electron chi connectivity index (χ1n) is 9.16. The number of carbonyl (C=O) groups is 1. The van der Waals surface area contributed by atoms with Crippen molar-refractivity contribution < 1.29 is 17.9 Å². The summed E-state index contributed by atoms with van der Waals surface area (Å²) in [6.07, 6.45) is 0. The number of carbonyl (C=O) groups excluding carboxylic acids is 1. The molecule has 0 aliphatic heterocycles. The van der Waals surface area contributed by atoms with Gasteiger partial charge in [-0.2, -0.15) is 5.10 Å². The number of methoxy groups -OCH3 is 1. The zero-order valence-corrected chi connectivity index (χ0v) is 19.2. The predicted molar refractivity (Wildman–Crippen MR) is 124 cm³/mol. The van der Waals surface area contributed by atoms with Crippen LogP contribution in [-0.4, -0.2) is 27.1 Å². The molecule has 3 aromatic carbocycles. The van der Waals surface area contributed by atoms with Crippen molar-refractivity contribution in [2.24, 2.45) is 5.10 Å². The number of sulfonamides is 1. The lowest BCUT2D eigenvalue weighted by atomic mass is 10.1. The van der Waals surface area contributed by atoms with E-state index in [-0.39, 0.29) is 4.90 Å². The molecule has 0 bridgehead atoms. The van der Waals surface area contributed by atoms with Gasteiger partial charge < -0.3 is 4.74 Å². The number of halogens is 1. The van der Waals surface area contributed by atoms with E-state index in [0.717, 1.165) is 15.8 Å². The molecule has 0 aromatic heterocycles. The molecule has 0 aliphatic rings. The third kappa shape index (κ3) is 5.93. The number of nitrogens with zero attached hydrogens (tertiary/aromatic N) is 1. The molecule has 0 heterocycles. The normalized spacial score (nSPS) is 11.6. The van der Waals surface area contributed by atoms with Crippen LogP contribution in [0.5, 0.6) is 5.75 Å². The Morgan fingerprint density at radius 3 is 2.06 bits per heavy atom. The lowest BCUT2D eigenvalue weighted by molar-refractivity contribution is 0.0955. The quantitative estimate of drug-likeness (QED) is 0.370. The highest BCUT2D eigenvalue weighted by atomic mass is 79.9. The van der Waals surface area contributed by atoms with Crippen molar-refractivity contribution in [3.8, 4) is 5.75 Å².